The molecule has 0 amide bonds. The lowest BCUT2D eigenvalue weighted by Gasteiger charge is -2.18. The minimum Gasteiger partial charge on any atom is -0.242 e. The van der Waals surface area contributed by atoms with Gasteiger partial charge < -0.3 is 0 Å². The molecule has 19 heavy (non-hydrogen) atoms. The van der Waals surface area contributed by atoms with Gasteiger partial charge in [0.05, 0.1) is 0 Å². The largest absolute Gasteiger partial charge is 0.242 e. The molecule has 1 heterocycles. The van der Waals surface area contributed by atoms with Gasteiger partial charge in [-0.3, -0.25) is 0 Å². The van der Waals surface area contributed by atoms with Gasteiger partial charge in [-0.1, -0.05) is 0 Å². The first kappa shape index (κ1) is 13.7. The van der Waals surface area contributed by atoms with E-state index in [1.54, 1.807) is 0 Å². The highest BCUT2D eigenvalue weighted by atomic mass is 14.9. The lowest BCUT2D eigenvalue weighted by atomic mass is 9.87. The number of benzene rings is 1. The molecule has 0 atom stereocenters. The highest BCUT2D eigenvalue weighted by Gasteiger charge is 2.13. The zero-order valence-corrected chi connectivity index (χ0v) is 12.8. The first-order valence-electron chi connectivity index (χ1n) is 6.76. The van der Waals surface area contributed by atoms with E-state index in [4.69, 9.17) is 0 Å². The first-order chi connectivity index (χ1) is 8.91. The summed E-state index contributed by atoms with van der Waals surface area (Å²) in [5.41, 5.74) is 9.54. The van der Waals surface area contributed by atoms with Crippen LogP contribution in [0.15, 0.2) is 12.3 Å². The molecule has 2 rings (SSSR count). The van der Waals surface area contributed by atoms with Crippen molar-refractivity contribution in [1.29, 1.82) is 0 Å². The molecule has 0 aliphatic heterocycles. The normalized spacial score (nSPS) is 10.8. The monoisotopic (exact) mass is 254 g/mol. The number of aryl methyl sites for hydroxylation is 1. The van der Waals surface area contributed by atoms with Gasteiger partial charge >= 0.3 is 0 Å². The molecule has 2 aromatic rings. The van der Waals surface area contributed by atoms with Gasteiger partial charge in [0.1, 0.15) is 5.82 Å². The summed E-state index contributed by atoms with van der Waals surface area (Å²) < 4.78 is 0. The molecule has 0 aliphatic rings. The second-order valence-electron chi connectivity index (χ2n) is 5.38. The SMILES string of the molecule is Cc1nccc(Cc2c(C)c(C)c(C)c(C)c2C)n1. The molecule has 1 aromatic heterocycles. The third-order valence-electron chi connectivity index (χ3n) is 4.35. The first-order valence-corrected chi connectivity index (χ1v) is 6.76. The van der Waals surface area contributed by atoms with Crippen molar-refractivity contribution in [3.8, 4) is 0 Å². The average Bonchev–Trinajstić information content (AvgIpc) is 2.39. The maximum atomic E-state index is 4.52. The molecular weight excluding hydrogens is 232 g/mol. The topological polar surface area (TPSA) is 25.8 Å². The van der Waals surface area contributed by atoms with E-state index in [0.29, 0.717) is 0 Å². The van der Waals surface area contributed by atoms with Gasteiger partial charge in [0.15, 0.2) is 0 Å². The zero-order valence-electron chi connectivity index (χ0n) is 12.8. The van der Waals surface area contributed by atoms with Gasteiger partial charge in [0, 0.05) is 18.3 Å². The Morgan fingerprint density at radius 3 is 1.84 bits per heavy atom. The average molecular weight is 254 g/mol. The van der Waals surface area contributed by atoms with Crippen molar-refractivity contribution in [2.24, 2.45) is 0 Å². The van der Waals surface area contributed by atoms with Gasteiger partial charge in [-0.05, 0) is 81.0 Å². The second-order valence-corrected chi connectivity index (χ2v) is 5.38. The maximum absolute atomic E-state index is 4.52. The van der Waals surface area contributed by atoms with E-state index < -0.39 is 0 Å². The van der Waals surface area contributed by atoms with Crippen molar-refractivity contribution in [2.45, 2.75) is 48.0 Å². The quantitative estimate of drug-likeness (QED) is 0.811. The molecule has 0 aliphatic carbocycles. The Labute approximate surface area is 115 Å². The van der Waals surface area contributed by atoms with Crippen LogP contribution in [0.1, 0.15) is 44.9 Å². The van der Waals surface area contributed by atoms with Crippen LogP contribution in [0.2, 0.25) is 0 Å². The van der Waals surface area contributed by atoms with Gasteiger partial charge in [-0.2, -0.15) is 0 Å². The summed E-state index contributed by atoms with van der Waals surface area (Å²) in [5, 5.41) is 0. The Morgan fingerprint density at radius 2 is 1.32 bits per heavy atom. The summed E-state index contributed by atoms with van der Waals surface area (Å²) in [5.74, 6) is 0.841. The van der Waals surface area contributed by atoms with E-state index in [0.717, 1.165) is 17.9 Å². The minimum absolute atomic E-state index is 0.841. The van der Waals surface area contributed by atoms with Crippen LogP contribution in [0.25, 0.3) is 0 Å². The van der Waals surface area contributed by atoms with E-state index in [9.17, 15) is 0 Å². The fourth-order valence-corrected chi connectivity index (χ4v) is 2.63. The maximum Gasteiger partial charge on any atom is 0.125 e. The molecular formula is C17H22N2. The van der Waals surface area contributed by atoms with Crippen LogP contribution in [-0.2, 0) is 6.42 Å². The summed E-state index contributed by atoms with van der Waals surface area (Å²) in [6.07, 6.45) is 2.74. The van der Waals surface area contributed by atoms with Crippen molar-refractivity contribution < 1.29 is 0 Å². The van der Waals surface area contributed by atoms with Crippen LogP contribution >= 0.6 is 0 Å². The summed E-state index contributed by atoms with van der Waals surface area (Å²) in [7, 11) is 0. The van der Waals surface area contributed by atoms with Crippen LogP contribution in [0.3, 0.4) is 0 Å². The number of rotatable bonds is 2. The third-order valence-corrected chi connectivity index (χ3v) is 4.35. The predicted molar refractivity (Wildman–Crippen MR) is 79.7 cm³/mol. The Kier molecular flexibility index (Phi) is 3.70. The van der Waals surface area contributed by atoms with Crippen LogP contribution in [0, 0.1) is 41.5 Å². The number of nitrogens with zero attached hydrogens (tertiary/aromatic N) is 2. The Bertz CT molecular complexity index is 598. The number of aromatic nitrogens is 2. The standard InChI is InChI=1S/C17H22N2/c1-10-11(2)13(4)17(14(5)12(10)3)9-16-7-8-18-15(6)19-16/h7-8H,9H2,1-6H3. The lowest BCUT2D eigenvalue weighted by Crippen LogP contribution is -2.05. The predicted octanol–water partition coefficient (Wildman–Crippen LogP) is 3.92. The fraction of sp³-hybridized carbons (Fsp3) is 0.412. The Hall–Kier alpha value is -1.70. The molecule has 0 saturated heterocycles. The van der Waals surface area contributed by atoms with E-state index in [1.165, 1.54) is 33.4 Å². The molecule has 0 bridgehead atoms. The van der Waals surface area contributed by atoms with E-state index in [-0.39, 0.29) is 0 Å². The van der Waals surface area contributed by atoms with Crippen LogP contribution < -0.4 is 0 Å². The fourth-order valence-electron chi connectivity index (χ4n) is 2.63. The minimum atomic E-state index is 0.841. The zero-order chi connectivity index (χ0) is 14.2. The molecule has 2 nitrogen and oxygen atoms in total. The smallest absolute Gasteiger partial charge is 0.125 e. The van der Waals surface area contributed by atoms with Crippen LogP contribution in [0.4, 0.5) is 0 Å². The summed E-state index contributed by atoms with van der Waals surface area (Å²) in [4.78, 5) is 8.69. The summed E-state index contributed by atoms with van der Waals surface area (Å²) in [6.45, 7) is 13.0. The van der Waals surface area contributed by atoms with E-state index >= 15 is 0 Å². The van der Waals surface area contributed by atoms with Gasteiger partial charge in [0.25, 0.3) is 0 Å². The van der Waals surface area contributed by atoms with Crippen molar-refractivity contribution >= 4 is 0 Å². The highest BCUT2D eigenvalue weighted by molar-refractivity contribution is 5.50. The molecule has 0 N–H and O–H groups in total. The molecule has 0 fully saturated rings. The van der Waals surface area contributed by atoms with Gasteiger partial charge in [-0.25, -0.2) is 9.97 Å². The van der Waals surface area contributed by atoms with E-state index in [2.05, 4.69) is 44.6 Å². The second kappa shape index (κ2) is 5.12. The van der Waals surface area contributed by atoms with Gasteiger partial charge in [-0.15, -0.1) is 0 Å². The van der Waals surface area contributed by atoms with Crippen LogP contribution in [-0.4, -0.2) is 9.97 Å². The van der Waals surface area contributed by atoms with Crippen molar-refractivity contribution in [3.05, 3.63) is 57.2 Å². The number of hydrogen-bond acceptors (Lipinski definition) is 2. The third kappa shape index (κ3) is 2.53. The molecule has 2 heteroatoms. The van der Waals surface area contributed by atoms with Crippen molar-refractivity contribution in [3.63, 3.8) is 0 Å². The van der Waals surface area contributed by atoms with Crippen molar-refractivity contribution in [1.82, 2.24) is 9.97 Å². The molecule has 0 radical (unpaired) electrons. The molecule has 0 unspecified atom stereocenters. The highest BCUT2D eigenvalue weighted by Crippen LogP contribution is 2.27. The Balaban J connectivity index is 2.52. The molecule has 0 saturated carbocycles. The van der Waals surface area contributed by atoms with Crippen LogP contribution in [0.5, 0.6) is 0 Å². The summed E-state index contributed by atoms with van der Waals surface area (Å²) >= 11 is 0. The lowest BCUT2D eigenvalue weighted by molar-refractivity contribution is 0.950. The number of hydrogen-bond donors (Lipinski definition) is 0. The molecule has 0 spiro atoms. The molecule has 100 valence electrons. The van der Waals surface area contributed by atoms with Crippen molar-refractivity contribution in [2.75, 3.05) is 0 Å². The van der Waals surface area contributed by atoms with Gasteiger partial charge in [0.2, 0.25) is 0 Å². The molecule has 1 aromatic carbocycles. The van der Waals surface area contributed by atoms with E-state index in [1.807, 2.05) is 19.2 Å². The summed E-state index contributed by atoms with van der Waals surface area (Å²) in [6, 6.07) is 2.01. The Morgan fingerprint density at radius 1 is 0.789 bits per heavy atom.